The maximum absolute atomic E-state index is 12.7. The summed E-state index contributed by atoms with van der Waals surface area (Å²) in [6.07, 6.45) is -6.51. The minimum Gasteiger partial charge on any atom is -0.365 e. The quantitative estimate of drug-likeness (QED) is 0.865. The molecule has 0 unspecified atom stereocenters. The van der Waals surface area contributed by atoms with E-state index in [0.29, 0.717) is 5.69 Å². The van der Waals surface area contributed by atoms with E-state index in [-0.39, 0.29) is 31.3 Å². The molecule has 1 aromatic heterocycles. The van der Waals surface area contributed by atoms with Gasteiger partial charge in [-0.1, -0.05) is 0 Å². The minimum atomic E-state index is -4.52. The number of amides is 2. The Morgan fingerprint density at radius 2 is 2.17 bits per heavy atom. The number of likely N-dealkylation sites (N-methyl/N-ethyl adjacent to an activating group) is 1. The zero-order chi connectivity index (χ0) is 17.2. The van der Waals surface area contributed by atoms with Crippen LogP contribution in [0.1, 0.15) is 16.2 Å². The van der Waals surface area contributed by atoms with Crippen LogP contribution in [0.5, 0.6) is 0 Å². The number of aromatic nitrogens is 2. The van der Waals surface area contributed by atoms with Crippen molar-refractivity contribution in [1.29, 1.82) is 0 Å². The molecule has 0 spiro atoms. The molecule has 1 saturated heterocycles. The van der Waals surface area contributed by atoms with E-state index < -0.39 is 24.7 Å². The Morgan fingerprint density at radius 1 is 1.48 bits per heavy atom. The van der Waals surface area contributed by atoms with Crippen molar-refractivity contribution in [1.82, 2.24) is 20.0 Å². The first-order valence-corrected chi connectivity index (χ1v) is 6.95. The lowest BCUT2D eigenvalue weighted by molar-refractivity contribution is -0.233. The Morgan fingerprint density at radius 3 is 2.78 bits per heavy atom. The van der Waals surface area contributed by atoms with Crippen molar-refractivity contribution in [2.45, 2.75) is 25.7 Å². The molecule has 1 fully saturated rings. The highest BCUT2D eigenvalue weighted by Crippen LogP contribution is 2.26. The van der Waals surface area contributed by atoms with Gasteiger partial charge in [-0.05, 0) is 13.0 Å². The number of halogens is 3. The summed E-state index contributed by atoms with van der Waals surface area (Å²) >= 11 is 0. The van der Waals surface area contributed by atoms with Gasteiger partial charge in [0.2, 0.25) is 5.91 Å². The Bertz CT molecular complexity index is 600. The molecule has 1 aliphatic heterocycles. The molecule has 0 saturated carbocycles. The molecule has 2 heterocycles. The fourth-order valence-electron chi connectivity index (χ4n) is 2.18. The van der Waals surface area contributed by atoms with Gasteiger partial charge < -0.3 is 15.0 Å². The molecule has 10 heteroatoms. The lowest BCUT2D eigenvalue weighted by Crippen LogP contribution is -2.51. The average Bonchev–Trinajstić information content (AvgIpc) is 2.86. The lowest BCUT2D eigenvalue weighted by atomic mass is 10.2. The second-order valence-corrected chi connectivity index (χ2v) is 5.15. The number of hydrogen-bond donors (Lipinski definition) is 1. The van der Waals surface area contributed by atoms with E-state index in [0.717, 1.165) is 4.90 Å². The highest BCUT2D eigenvalue weighted by molar-refractivity contribution is 5.92. The van der Waals surface area contributed by atoms with Gasteiger partial charge in [0.1, 0.15) is 6.54 Å². The second-order valence-electron chi connectivity index (χ2n) is 5.15. The number of ether oxygens (including phenoxy) is 1. The third-order valence-corrected chi connectivity index (χ3v) is 3.49. The van der Waals surface area contributed by atoms with Gasteiger partial charge in [-0.2, -0.15) is 18.3 Å². The Labute approximate surface area is 130 Å². The molecule has 1 aromatic rings. The third kappa shape index (κ3) is 4.01. The van der Waals surface area contributed by atoms with E-state index in [9.17, 15) is 22.8 Å². The Balaban J connectivity index is 2.11. The number of morpholine rings is 1. The summed E-state index contributed by atoms with van der Waals surface area (Å²) in [5.41, 5.74) is 0.576. The molecule has 0 radical (unpaired) electrons. The van der Waals surface area contributed by atoms with Crippen LogP contribution in [-0.2, 0) is 16.1 Å². The van der Waals surface area contributed by atoms with E-state index in [1.165, 1.54) is 17.8 Å². The number of nitrogens with one attached hydrogen (secondary N) is 1. The molecule has 2 amide bonds. The summed E-state index contributed by atoms with van der Waals surface area (Å²) in [6.45, 7) is 0.902. The minimum absolute atomic E-state index is 0.00854. The first-order valence-electron chi connectivity index (χ1n) is 6.95. The van der Waals surface area contributed by atoms with Crippen molar-refractivity contribution in [3.05, 3.63) is 17.5 Å². The highest BCUT2D eigenvalue weighted by atomic mass is 19.4. The van der Waals surface area contributed by atoms with E-state index in [1.54, 1.807) is 6.92 Å². The van der Waals surface area contributed by atoms with Crippen LogP contribution >= 0.6 is 0 Å². The smallest absolute Gasteiger partial charge is 0.365 e. The van der Waals surface area contributed by atoms with Gasteiger partial charge in [-0.3, -0.25) is 14.3 Å². The predicted octanol–water partition coefficient (Wildman–Crippen LogP) is 0.341. The Kier molecular flexibility index (Phi) is 4.93. The van der Waals surface area contributed by atoms with Crippen LogP contribution in [0.15, 0.2) is 6.07 Å². The van der Waals surface area contributed by atoms with E-state index >= 15 is 0 Å². The number of nitrogens with zero attached hydrogens (tertiary/aromatic N) is 3. The number of alkyl halides is 3. The standard InChI is InChI=1S/C13H17F3N4O3/c1-8-5-9(18-20(8)7-11(21)17-2)12(22)19-3-4-23-10(6-19)13(14,15)16/h5,10H,3-4,6-7H2,1-2H3,(H,17,21)/t10-/m0/s1. The zero-order valence-electron chi connectivity index (χ0n) is 12.7. The largest absolute Gasteiger partial charge is 0.416 e. The molecule has 2 rings (SSSR count). The lowest BCUT2D eigenvalue weighted by Gasteiger charge is -2.33. The van der Waals surface area contributed by atoms with Crippen LogP contribution in [0.2, 0.25) is 0 Å². The van der Waals surface area contributed by atoms with Crippen LogP contribution < -0.4 is 5.32 Å². The van der Waals surface area contributed by atoms with Gasteiger partial charge in [0.05, 0.1) is 13.2 Å². The fourth-order valence-corrected chi connectivity index (χ4v) is 2.18. The molecule has 1 atom stereocenters. The normalized spacial score (nSPS) is 18.8. The van der Waals surface area contributed by atoms with Crippen molar-refractivity contribution in [3.8, 4) is 0 Å². The van der Waals surface area contributed by atoms with Crippen LogP contribution in [-0.4, -0.2) is 65.5 Å². The predicted molar refractivity (Wildman–Crippen MR) is 72.7 cm³/mol. The summed E-state index contributed by atoms with van der Waals surface area (Å²) in [5.74, 6) is -0.903. The molecule has 1 aliphatic rings. The molecule has 0 aliphatic carbocycles. The zero-order valence-corrected chi connectivity index (χ0v) is 12.7. The van der Waals surface area contributed by atoms with Gasteiger partial charge in [-0.15, -0.1) is 0 Å². The second kappa shape index (κ2) is 6.57. The van der Waals surface area contributed by atoms with Crippen molar-refractivity contribution < 1.29 is 27.5 Å². The number of rotatable bonds is 3. The summed E-state index contributed by atoms with van der Waals surface area (Å²) < 4.78 is 44.1. The van der Waals surface area contributed by atoms with Crippen LogP contribution in [0.3, 0.4) is 0 Å². The van der Waals surface area contributed by atoms with Crippen molar-refractivity contribution >= 4 is 11.8 Å². The third-order valence-electron chi connectivity index (χ3n) is 3.49. The van der Waals surface area contributed by atoms with Gasteiger partial charge in [0.25, 0.3) is 5.91 Å². The topological polar surface area (TPSA) is 76.5 Å². The molecule has 1 N–H and O–H groups in total. The van der Waals surface area contributed by atoms with Crippen molar-refractivity contribution in [2.24, 2.45) is 0 Å². The number of carbonyl (C=O) groups is 2. The van der Waals surface area contributed by atoms with Crippen LogP contribution in [0.4, 0.5) is 13.2 Å². The van der Waals surface area contributed by atoms with Crippen LogP contribution in [0, 0.1) is 6.92 Å². The van der Waals surface area contributed by atoms with Gasteiger partial charge in [0, 0.05) is 19.3 Å². The summed E-state index contributed by atoms with van der Waals surface area (Å²) in [7, 11) is 1.47. The van der Waals surface area contributed by atoms with Gasteiger partial charge >= 0.3 is 6.18 Å². The molecule has 23 heavy (non-hydrogen) atoms. The van der Waals surface area contributed by atoms with Crippen molar-refractivity contribution in [2.75, 3.05) is 26.7 Å². The summed E-state index contributed by atoms with van der Waals surface area (Å²) in [5, 5.41) is 6.43. The maximum atomic E-state index is 12.7. The average molecular weight is 334 g/mol. The maximum Gasteiger partial charge on any atom is 0.416 e. The highest BCUT2D eigenvalue weighted by Gasteiger charge is 2.44. The molecular weight excluding hydrogens is 317 g/mol. The first kappa shape index (κ1) is 17.3. The van der Waals surface area contributed by atoms with Gasteiger partial charge in [-0.25, -0.2) is 0 Å². The molecule has 0 bridgehead atoms. The molecule has 7 nitrogen and oxygen atoms in total. The van der Waals surface area contributed by atoms with E-state index in [2.05, 4.69) is 15.2 Å². The molecule has 128 valence electrons. The summed E-state index contributed by atoms with van der Waals surface area (Å²) in [6, 6.07) is 1.45. The van der Waals surface area contributed by atoms with E-state index in [4.69, 9.17) is 0 Å². The van der Waals surface area contributed by atoms with Crippen LogP contribution in [0.25, 0.3) is 0 Å². The monoisotopic (exact) mass is 334 g/mol. The van der Waals surface area contributed by atoms with Crippen molar-refractivity contribution in [3.63, 3.8) is 0 Å². The number of carbonyl (C=O) groups excluding carboxylic acids is 2. The Hall–Kier alpha value is -2.10. The molecular formula is C13H17F3N4O3. The SMILES string of the molecule is CNC(=O)Cn1nc(C(=O)N2CCO[C@H](C(F)(F)F)C2)cc1C. The number of hydrogen-bond acceptors (Lipinski definition) is 4. The number of aryl methyl sites for hydroxylation is 1. The van der Waals surface area contributed by atoms with Gasteiger partial charge in [0.15, 0.2) is 11.8 Å². The fraction of sp³-hybridized carbons (Fsp3) is 0.615. The first-order chi connectivity index (χ1) is 10.7. The summed E-state index contributed by atoms with van der Waals surface area (Å²) in [4.78, 5) is 24.7. The van der Waals surface area contributed by atoms with E-state index in [1.807, 2.05) is 0 Å². The molecule has 0 aromatic carbocycles.